The Morgan fingerprint density at radius 3 is 2.21 bits per heavy atom. The number of esters is 1. The summed E-state index contributed by atoms with van der Waals surface area (Å²) in [7, 11) is 0. The van der Waals surface area contributed by atoms with Gasteiger partial charge in [0.2, 0.25) is 5.79 Å². The monoisotopic (exact) mass is 200 g/mol. The lowest BCUT2D eigenvalue weighted by Crippen LogP contribution is -2.39. The Hall–Kier alpha value is -0.610. The molecule has 4 nitrogen and oxygen atoms in total. The minimum Gasteiger partial charge on any atom is -0.430 e. The van der Waals surface area contributed by atoms with Crippen LogP contribution in [-0.2, 0) is 19.0 Å². The van der Waals surface area contributed by atoms with Crippen molar-refractivity contribution in [3.05, 3.63) is 0 Å². The van der Waals surface area contributed by atoms with E-state index >= 15 is 0 Å². The lowest BCUT2D eigenvalue weighted by atomic mass is 9.86. The minimum absolute atomic E-state index is 0.263. The summed E-state index contributed by atoms with van der Waals surface area (Å²) in [6.07, 6.45) is -0.336. The van der Waals surface area contributed by atoms with Gasteiger partial charge in [0.1, 0.15) is 6.10 Å². The Morgan fingerprint density at radius 2 is 1.71 bits per heavy atom. The molecule has 2 unspecified atom stereocenters. The maximum atomic E-state index is 11.5. The lowest BCUT2D eigenvalue weighted by Gasteiger charge is -2.23. The molecule has 2 atom stereocenters. The molecule has 14 heavy (non-hydrogen) atoms. The molecule has 0 aromatic rings. The van der Waals surface area contributed by atoms with Crippen molar-refractivity contribution >= 4 is 5.97 Å². The second kappa shape index (κ2) is 2.31. The van der Waals surface area contributed by atoms with Crippen LogP contribution < -0.4 is 0 Å². The molecular weight excluding hydrogens is 184 g/mol. The van der Waals surface area contributed by atoms with Gasteiger partial charge in [-0.1, -0.05) is 0 Å². The standard InChI is InChI=1S/C10H16O4/c1-8(2)6-10(5,13-7(8)11)14-9(3,4)12-6/h6H,1-5H3. The number of carbonyl (C=O) groups is 1. The quantitative estimate of drug-likeness (QED) is 0.555. The van der Waals surface area contributed by atoms with Gasteiger partial charge in [0.05, 0.1) is 5.41 Å². The molecule has 0 spiro atoms. The molecule has 0 saturated carbocycles. The van der Waals surface area contributed by atoms with E-state index in [1.165, 1.54) is 0 Å². The van der Waals surface area contributed by atoms with Crippen molar-refractivity contribution in [3.63, 3.8) is 0 Å². The van der Waals surface area contributed by atoms with Gasteiger partial charge in [-0.25, -0.2) is 0 Å². The number of ether oxygens (including phenoxy) is 3. The van der Waals surface area contributed by atoms with Crippen LogP contribution in [0.3, 0.4) is 0 Å². The Labute approximate surface area is 83.5 Å². The van der Waals surface area contributed by atoms with Gasteiger partial charge in [-0.2, -0.15) is 0 Å². The minimum atomic E-state index is -0.927. The predicted molar refractivity (Wildman–Crippen MR) is 48.3 cm³/mol. The first-order valence-corrected chi connectivity index (χ1v) is 4.79. The molecule has 2 aliphatic rings. The third-order valence-corrected chi connectivity index (χ3v) is 2.80. The summed E-state index contributed by atoms with van der Waals surface area (Å²) in [6.45, 7) is 9.02. The normalized spacial score (nSPS) is 43.5. The van der Waals surface area contributed by atoms with E-state index in [2.05, 4.69) is 0 Å². The van der Waals surface area contributed by atoms with Crippen molar-refractivity contribution in [2.45, 2.75) is 52.3 Å². The molecule has 2 saturated heterocycles. The van der Waals surface area contributed by atoms with Crippen LogP contribution in [0.1, 0.15) is 34.6 Å². The summed E-state index contributed by atoms with van der Waals surface area (Å²) in [5.74, 6) is -1.87. The second-order valence-corrected chi connectivity index (χ2v) is 5.13. The van der Waals surface area contributed by atoms with Crippen molar-refractivity contribution in [2.75, 3.05) is 0 Å². The molecule has 4 heteroatoms. The lowest BCUT2D eigenvalue weighted by molar-refractivity contribution is -0.236. The van der Waals surface area contributed by atoms with Crippen molar-refractivity contribution in [2.24, 2.45) is 5.41 Å². The highest BCUT2D eigenvalue weighted by atomic mass is 16.9. The molecule has 0 N–H and O–H groups in total. The maximum absolute atomic E-state index is 11.5. The van der Waals surface area contributed by atoms with Gasteiger partial charge in [-0.3, -0.25) is 4.79 Å². The molecular formula is C10H16O4. The summed E-state index contributed by atoms with van der Waals surface area (Å²) < 4.78 is 16.5. The third kappa shape index (κ3) is 1.10. The highest BCUT2D eigenvalue weighted by Gasteiger charge is 2.66. The molecule has 2 rings (SSSR count). The number of hydrogen-bond donors (Lipinski definition) is 0. The van der Waals surface area contributed by atoms with Crippen molar-refractivity contribution in [1.82, 2.24) is 0 Å². The molecule has 0 radical (unpaired) electrons. The van der Waals surface area contributed by atoms with Crippen LogP contribution >= 0.6 is 0 Å². The molecule has 0 amide bonds. The molecule has 2 heterocycles. The zero-order valence-electron chi connectivity index (χ0n) is 9.21. The van der Waals surface area contributed by atoms with Gasteiger partial charge < -0.3 is 14.2 Å². The first-order chi connectivity index (χ1) is 6.17. The largest absolute Gasteiger partial charge is 0.430 e. The topological polar surface area (TPSA) is 44.8 Å². The van der Waals surface area contributed by atoms with Crippen LogP contribution in [0.25, 0.3) is 0 Å². The van der Waals surface area contributed by atoms with Crippen LogP contribution in [0.15, 0.2) is 0 Å². The van der Waals surface area contributed by atoms with E-state index in [0.717, 1.165) is 0 Å². The van der Waals surface area contributed by atoms with Crippen LogP contribution in [0, 0.1) is 5.41 Å². The van der Waals surface area contributed by atoms with E-state index in [-0.39, 0.29) is 12.1 Å². The van der Waals surface area contributed by atoms with Gasteiger partial charge in [-0.15, -0.1) is 0 Å². The number of rotatable bonds is 0. The molecule has 80 valence electrons. The summed E-state index contributed by atoms with van der Waals surface area (Å²) in [4.78, 5) is 11.5. The van der Waals surface area contributed by atoms with Gasteiger partial charge in [0, 0.05) is 6.92 Å². The van der Waals surface area contributed by atoms with E-state index in [4.69, 9.17) is 14.2 Å². The molecule has 2 fully saturated rings. The average molecular weight is 200 g/mol. The highest BCUT2D eigenvalue weighted by molar-refractivity contribution is 5.80. The molecule has 0 aliphatic carbocycles. The van der Waals surface area contributed by atoms with Gasteiger partial charge >= 0.3 is 5.97 Å². The first-order valence-electron chi connectivity index (χ1n) is 4.79. The SMILES string of the molecule is CC1(C)OC2C(C)(OC(=O)C2(C)C)O1. The van der Waals surface area contributed by atoms with Crippen molar-refractivity contribution < 1.29 is 19.0 Å². The molecule has 0 aromatic heterocycles. The third-order valence-electron chi connectivity index (χ3n) is 2.80. The van der Waals surface area contributed by atoms with Crippen LogP contribution in [0.2, 0.25) is 0 Å². The summed E-state index contributed by atoms with van der Waals surface area (Å²) in [5, 5.41) is 0. The summed E-state index contributed by atoms with van der Waals surface area (Å²) in [5.41, 5.74) is -0.636. The number of carbonyl (C=O) groups excluding carboxylic acids is 1. The first kappa shape index (κ1) is 9.93. The molecule has 0 bridgehead atoms. The summed E-state index contributed by atoms with van der Waals surface area (Å²) >= 11 is 0. The molecule has 2 aliphatic heterocycles. The number of hydrogen-bond acceptors (Lipinski definition) is 4. The Morgan fingerprint density at radius 1 is 1.14 bits per heavy atom. The van der Waals surface area contributed by atoms with E-state index in [1.54, 1.807) is 6.92 Å². The Bertz CT molecular complexity index is 294. The summed E-state index contributed by atoms with van der Waals surface area (Å²) in [6, 6.07) is 0. The fourth-order valence-electron chi connectivity index (χ4n) is 2.26. The van der Waals surface area contributed by atoms with E-state index in [0.29, 0.717) is 0 Å². The second-order valence-electron chi connectivity index (χ2n) is 5.13. The van der Waals surface area contributed by atoms with E-state index < -0.39 is 17.0 Å². The average Bonchev–Trinajstić information content (AvgIpc) is 2.27. The zero-order valence-corrected chi connectivity index (χ0v) is 9.21. The van der Waals surface area contributed by atoms with Gasteiger partial charge in [-0.05, 0) is 27.7 Å². The van der Waals surface area contributed by atoms with E-state index in [9.17, 15) is 4.79 Å². The Kier molecular flexibility index (Phi) is 1.64. The maximum Gasteiger partial charge on any atom is 0.317 e. The smallest absolute Gasteiger partial charge is 0.317 e. The zero-order chi connectivity index (χ0) is 10.8. The van der Waals surface area contributed by atoms with Crippen LogP contribution in [-0.4, -0.2) is 23.6 Å². The van der Waals surface area contributed by atoms with Gasteiger partial charge in [0.15, 0.2) is 5.79 Å². The van der Waals surface area contributed by atoms with E-state index in [1.807, 2.05) is 27.7 Å². The number of fused-ring (bicyclic) bond motifs is 1. The fourth-order valence-corrected chi connectivity index (χ4v) is 2.26. The van der Waals surface area contributed by atoms with Crippen molar-refractivity contribution in [1.29, 1.82) is 0 Å². The highest BCUT2D eigenvalue weighted by Crippen LogP contribution is 2.50. The van der Waals surface area contributed by atoms with Crippen LogP contribution in [0.4, 0.5) is 0 Å². The van der Waals surface area contributed by atoms with Crippen molar-refractivity contribution in [3.8, 4) is 0 Å². The van der Waals surface area contributed by atoms with Gasteiger partial charge in [0.25, 0.3) is 0 Å². The predicted octanol–water partition coefficient (Wildman–Crippen LogP) is 1.44. The molecule has 0 aromatic carbocycles. The fraction of sp³-hybridized carbons (Fsp3) is 0.900. The Balaban J connectivity index is 2.37. The van der Waals surface area contributed by atoms with Crippen LogP contribution in [0.5, 0.6) is 0 Å².